The molecule has 0 unspecified atom stereocenters. The molecule has 8 heteroatoms. The summed E-state index contributed by atoms with van der Waals surface area (Å²) in [4.78, 5) is 29.5. The zero-order valence-electron chi connectivity index (χ0n) is 15.6. The lowest BCUT2D eigenvalue weighted by molar-refractivity contribution is -0.116. The second kappa shape index (κ2) is 7.93. The van der Waals surface area contributed by atoms with Crippen LogP contribution in [0.15, 0.2) is 58.5 Å². The van der Waals surface area contributed by atoms with Gasteiger partial charge in [-0.3, -0.25) is 9.59 Å². The quantitative estimate of drug-likeness (QED) is 0.487. The fourth-order valence-electron chi connectivity index (χ4n) is 3.45. The van der Waals surface area contributed by atoms with Gasteiger partial charge >= 0.3 is 0 Å². The van der Waals surface area contributed by atoms with E-state index < -0.39 is 5.92 Å². The van der Waals surface area contributed by atoms with Crippen molar-refractivity contribution in [2.24, 2.45) is 7.05 Å². The molecule has 0 radical (unpaired) electrons. The minimum absolute atomic E-state index is 0.0896. The fraction of sp³-hybridized carbons (Fsp3) is 0.190. The molecule has 2 N–H and O–H groups in total. The maximum atomic E-state index is 12.9. The predicted octanol–water partition coefficient (Wildman–Crippen LogP) is 3.91. The van der Waals surface area contributed by atoms with Crippen molar-refractivity contribution in [1.82, 2.24) is 9.55 Å². The van der Waals surface area contributed by atoms with Crippen molar-refractivity contribution in [2.45, 2.75) is 23.2 Å². The number of carbonyl (C=O) groups excluding carboxylic acids is 1. The van der Waals surface area contributed by atoms with Gasteiger partial charge in [0, 0.05) is 30.2 Å². The van der Waals surface area contributed by atoms with E-state index in [1.807, 2.05) is 24.3 Å². The van der Waals surface area contributed by atoms with E-state index in [4.69, 9.17) is 11.6 Å². The van der Waals surface area contributed by atoms with Gasteiger partial charge in [-0.2, -0.15) is 4.98 Å². The Balaban J connectivity index is 1.73. The lowest BCUT2D eigenvalue weighted by atomic mass is 9.86. The number of hydrogen-bond acceptors (Lipinski definition) is 5. The van der Waals surface area contributed by atoms with Crippen molar-refractivity contribution in [3.05, 3.63) is 80.6 Å². The minimum atomic E-state index is -0.459. The molecule has 1 atom stereocenters. The van der Waals surface area contributed by atoms with Crippen molar-refractivity contribution in [1.29, 1.82) is 0 Å². The number of nitrogens with one attached hydrogen (secondary N) is 1. The SMILES string of the molecule is Cn1c(SCc2ccccc2Cl)nc(=O)c2c1NC(=O)C[C@H]2c1cccc(O)c1. The summed E-state index contributed by atoms with van der Waals surface area (Å²) in [6.45, 7) is 0. The molecule has 0 fully saturated rings. The number of fused-ring (bicyclic) bond motifs is 1. The number of amides is 1. The Morgan fingerprint density at radius 3 is 2.79 bits per heavy atom. The Morgan fingerprint density at radius 1 is 1.24 bits per heavy atom. The van der Waals surface area contributed by atoms with Gasteiger partial charge in [-0.25, -0.2) is 0 Å². The van der Waals surface area contributed by atoms with Gasteiger partial charge in [0.25, 0.3) is 5.56 Å². The molecule has 0 bridgehead atoms. The van der Waals surface area contributed by atoms with Gasteiger partial charge < -0.3 is 15.0 Å². The highest BCUT2D eigenvalue weighted by molar-refractivity contribution is 7.98. The van der Waals surface area contributed by atoms with Crippen LogP contribution >= 0.6 is 23.4 Å². The second-order valence-electron chi connectivity index (χ2n) is 6.80. The lowest BCUT2D eigenvalue weighted by Crippen LogP contribution is -2.33. The summed E-state index contributed by atoms with van der Waals surface area (Å²) < 4.78 is 1.73. The molecule has 2 aromatic carbocycles. The number of aromatic nitrogens is 2. The Labute approximate surface area is 176 Å². The molecule has 1 aliphatic rings. The van der Waals surface area contributed by atoms with Crippen molar-refractivity contribution in [3.8, 4) is 5.75 Å². The van der Waals surface area contributed by atoms with Crippen LogP contribution < -0.4 is 10.9 Å². The van der Waals surface area contributed by atoms with Gasteiger partial charge in [0.2, 0.25) is 5.91 Å². The standard InChI is InChI=1S/C21H18ClN3O3S/c1-25-19-18(15(10-17(27)23-19)12-6-4-7-14(26)9-12)20(28)24-21(25)29-11-13-5-2-3-8-16(13)22/h2-9,15,26H,10-11H2,1H3,(H,23,27)/t15-/m0/s1. The number of phenolic OH excluding ortho intramolecular Hbond substituents is 1. The molecule has 1 aliphatic heterocycles. The highest BCUT2D eigenvalue weighted by Gasteiger charge is 2.32. The average molecular weight is 428 g/mol. The molecule has 1 aromatic heterocycles. The Kier molecular flexibility index (Phi) is 5.34. The fourth-order valence-corrected chi connectivity index (χ4v) is 4.70. The molecule has 148 valence electrons. The molecular formula is C21H18ClN3O3S. The second-order valence-corrected chi connectivity index (χ2v) is 8.15. The zero-order chi connectivity index (χ0) is 20.5. The number of carbonyl (C=O) groups is 1. The Hall–Kier alpha value is -2.77. The van der Waals surface area contributed by atoms with E-state index in [0.717, 1.165) is 5.56 Å². The van der Waals surface area contributed by atoms with E-state index in [1.54, 1.807) is 35.9 Å². The number of halogens is 1. The smallest absolute Gasteiger partial charge is 0.279 e. The summed E-state index contributed by atoms with van der Waals surface area (Å²) in [6.07, 6.45) is 0.124. The molecule has 0 spiro atoms. The number of aromatic hydroxyl groups is 1. The topological polar surface area (TPSA) is 84.2 Å². The minimum Gasteiger partial charge on any atom is -0.508 e. The van der Waals surface area contributed by atoms with Crippen LogP contribution in [0.5, 0.6) is 5.75 Å². The first-order valence-corrected chi connectivity index (χ1v) is 10.4. The zero-order valence-corrected chi connectivity index (χ0v) is 17.1. The third-order valence-electron chi connectivity index (χ3n) is 4.89. The van der Waals surface area contributed by atoms with Crippen LogP contribution in [0, 0.1) is 0 Å². The summed E-state index contributed by atoms with van der Waals surface area (Å²) in [6, 6.07) is 14.1. The molecule has 3 aromatic rings. The van der Waals surface area contributed by atoms with Crippen LogP contribution in [-0.4, -0.2) is 20.6 Å². The van der Waals surface area contributed by atoms with E-state index >= 15 is 0 Å². The van der Waals surface area contributed by atoms with Crippen LogP contribution in [0.25, 0.3) is 0 Å². The van der Waals surface area contributed by atoms with Gasteiger partial charge in [-0.15, -0.1) is 0 Å². The van der Waals surface area contributed by atoms with E-state index in [0.29, 0.717) is 32.9 Å². The summed E-state index contributed by atoms with van der Waals surface area (Å²) in [5.41, 5.74) is 1.69. The molecule has 0 saturated heterocycles. The van der Waals surface area contributed by atoms with Gasteiger partial charge in [0.05, 0.1) is 5.56 Å². The van der Waals surface area contributed by atoms with E-state index in [9.17, 15) is 14.7 Å². The molecule has 1 amide bonds. The third kappa shape index (κ3) is 3.88. The molecule has 29 heavy (non-hydrogen) atoms. The first kappa shape index (κ1) is 19.5. The van der Waals surface area contributed by atoms with Gasteiger partial charge in [0.15, 0.2) is 5.16 Å². The van der Waals surface area contributed by atoms with Gasteiger partial charge in [-0.05, 0) is 29.3 Å². The summed E-state index contributed by atoms with van der Waals surface area (Å²) in [5, 5.41) is 13.8. The number of nitrogens with zero attached hydrogens (tertiary/aromatic N) is 2. The normalized spacial score (nSPS) is 15.7. The van der Waals surface area contributed by atoms with Crippen molar-refractivity contribution < 1.29 is 9.90 Å². The van der Waals surface area contributed by atoms with Crippen molar-refractivity contribution in [2.75, 3.05) is 5.32 Å². The van der Waals surface area contributed by atoms with Crippen LogP contribution in [0.2, 0.25) is 5.02 Å². The highest BCUT2D eigenvalue weighted by atomic mass is 35.5. The third-order valence-corrected chi connectivity index (χ3v) is 6.34. The van der Waals surface area contributed by atoms with E-state index in [1.165, 1.54) is 11.8 Å². The number of rotatable bonds is 4. The van der Waals surface area contributed by atoms with Crippen LogP contribution in [0.1, 0.15) is 29.0 Å². The average Bonchev–Trinajstić information content (AvgIpc) is 2.70. The number of hydrogen-bond donors (Lipinski definition) is 2. The molecular weight excluding hydrogens is 410 g/mol. The molecule has 4 rings (SSSR count). The summed E-state index contributed by atoms with van der Waals surface area (Å²) in [7, 11) is 1.77. The van der Waals surface area contributed by atoms with Gasteiger partial charge in [0.1, 0.15) is 11.6 Å². The van der Waals surface area contributed by atoms with E-state index in [2.05, 4.69) is 10.3 Å². The van der Waals surface area contributed by atoms with Crippen LogP contribution in [0.3, 0.4) is 0 Å². The Morgan fingerprint density at radius 2 is 2.03 bits per heavy atom. The van der Waals surface area contributed by atoms with Crippen LogP contribution in [-0.2, 0) is 17.6 Å². The molecule has 0 aliphatic carbocycles. The van der Waals surface area contributed by atoms with E-state index in [-0.39, 0.29) is 23.6 Å². The predicted molar refractivity (Wildman–Crippen MR) is 114 cm³/mol. The molecule has 6 nitrogen and oxygen atoms in total. The number of anilines is 1. The Bertz CT molecular complexity index is 1160. The maximum absolute atomic E-state index is 12.9. The summed E-state index contributed by atoms with van der Waals surface area (Å²) >= 11 is 7.59. The lowest BCUT2D eigenvalue weighted by Gasteiger charge is -2.27. The molecule has 2 heterocycles. The summed E-state index contributed by atoms with van der Waals surface area (Å²) in [5.74, 6) is 0.430. The van der Waals surface area contributed by atoms with Crippen molar-refractivity contribution >= 4 is 35.1 Å². The maximum Gasteiger partial charge on any atom is 0.279 e. The van der Waals surface area contributed by atoms with Gasteiger partial charge in [-0.1, -0.05) is 53.7 Å². The highest BCUT2D eigenvalue weighted by Crippen LogP contribution is 2.37. The molecule has 0 saturated carbocycles. The number of benzene rings is 2. The largest absolute Gasteiger partial charge is 0.508 e. The monoisotopic (exact) mass is 427 g/mol. The van der Waals surface area contributed by atoms with Crippen LogP contribution in [0.4, 0.5) is 5.82 Å². The van der Waals surface area contributed by atoms with Crippen molar-refractivity contribution in [3.63, 3.8) is 0 Å². The number of thioether (sulfide) groups is 1. The first-order chi connectivity index (χ1) is 13.9. The number of phenols is 1. The first-order valence-electron chi connectivity index (χ1n) is 9.00.